The van der Waals surface area contributed by atoms with Gasteiger partial charge in [-0.1, -0.05) is 40.2 Å². The van der Waals surface area contributed by atoms with Gasteiger partial charge in [-0.2, -0.15) is 0 Å². The largest absolute Gasteiger partial charge is 0.507 e. The van der Waals surface area contributed by atoms with Crippen LogP contribution in [0, 0.1) is 6.92 Å². The van der Waals surface area contributed by atoms with Crippen molar-refractivity contribution in [1.82, 2.24) is 0 Å². The molecule has 3 aromatic carbocycles. The van der Waals surface area contributed by atoms with Crippen LogP contribution < -0.4 is 0 Å². The fraction of sp³-hybridized carbons (Fsp3) is 0.0556. The average Bonchev–Trinajstić information content (AvgIpc) is 2.53. The number of aromatic hydroxyl groups is 2. The summed E-state index contributed by atoms with van der Waals surface area (Å²) in [5, 5.41) is 21.8. The lowest BCUT2D eigenvalue weighted by Gasteiger charge is -2.13. The zero-order valence-corrected chi connectivity index (χ0v) is 13.4. The number of rotatable bonds is 2. The van der Waals surface area contributed by atoms with Crippen LogP contribution in [-0.2, 0) is 0 Å². The zero-order valence-electron chi connectivity index (χ0n) is 11.8. The van der Waals surface area contributed by atoms with E-state index in [-0.39, 0.29) is 22.8 Å². The predicted molar refractivity (Wildman–Crippen MR) is 89.6 cm³/mol. The van der Waals surface area contributed by atoms with Crippen molar-refractivity contribution >= 4 is 32.5 Å². The molecule has 3 nitrogen and oxygen atoms in total. The molecule has 0 atom stereocenters. The van der Waals surface area contributed by atoms with Crippen LogP contribution >= 0.6 is 15.9 Å². The van der Waals surface area contributed by atoms with Crippen LogP contribution in [0.3, 0.4) is 0 Å². The van der Waals surface area contributed by atoms with E-state index in [4.69, 9.17) is 0 Å². The molecule has 4 heteroatoms. The summed E-state index contributed by atoms with van der Waals surface area (Å²) in [6.07, 6.45) is 0. The number of phenols is 2. The summed E-state index contributed by atoms with van der Waals surface area (Å²) in [5.41, 5.74) is 0.971. The molecule has 0 aliphatic carbocycles. The van der Waals surface area contributed by atoms with Crippen LogP contribution in [0.5, 0.6) is 11.5 Å². The molecule has 22 heavy (non-hydrogen) atoms. The number of fused-ring (bicyclic) bond motifs is 1. The molecule has 0 heterocycles. The predicted octanol–water partition coefficient (Wildman–Crippen LogP) is 4.55. The molecule has 0 saturated carbocycles. The second-order valence-electron chi connectivity index (χ2n) is 5.08. The van der Waals surface area contributed by atoms with Crippen molar-refractivity contribution in [2.45, 2.75) is 6.92 Å². The molecule has 0 fully saturated rings. The first kappa shape index (κ1) is 14.6. The van der Waals surface area contributed by atoms with Gasteiger partial charge < -0.3 is 10.2 Å². The number of ketones is 1. The van der Waals surface area contributed by atoms with Gasteiger partial charge in [0.05, 0.1) is 5.56 Å². The minimum Gasteiger partial charge on any atom is -0.507 e. The molecular formula is C18H13BrO3. The highest BCUT2D eigenvalue weighted by Crippen LogP contribution is 2.39. The lowest BCUT2D eigenvalue weighted by molar-refractivity contribution is 0.103. The molecule has 0 aromatic heterocycles. The van der Waals surface area contributed by atoms with Gasteiger partial charge >= 0.3 is 0 Å². The highest BCUT2D eigenvalue weighted by atomic mass is 79.9. The number of carbonyl (C=O) groups is 1. The number of benzene rings is 3. The Morgan fingerprint density at radius 3 is 2.05 bits per heavy atom. The van der Waals surface area contributed by atoms with Crippen molar-refractivity contribution < 1.29 is 15.0 Å². The van der Waals surface area contributed by atoms with Gasteiger partial charge in [-0.05, 0) is 31.2 Å². The van der Waals surface area contributed by atoms with Gasteiger partial charge in [0.15, 0.2) is 5.78 Å². The van der Waals surface area contributed by atoms with Crippen LogP contribution in [0.4, 0.5) is 0 Å². The van der Waals surface area contributed by atoms with Crippen LogP contribution in [0.15, 0.2) is 53.0 Å². The Bertz CT molecular complexity index is 883. The van der Waals surface area contributed by atoms with Crippen LogP contribution in [0.2, 0.25) is 0 Å². The Morgan fingerprint density at radius 2 is 1.45 bits per heavy atom. The van der Waals surface area contributed by atoms with Crippen LogP contribution in [0.1, 0.15) is 21.5 Å². The van der Waals surface area contributed by atoms with E-state index in [2.05, 4.69) is 15.9 Å². The quantitative estimate of drug-likeness (QED) is 0.522. The molecule has 0 spiro atoms. The van der Waals surface area contributed by atoms with Crippen molar-refractivity contribution in [3.8, 4) is 11.5 Å². The molecule has 0 aliphatic heterocycles. The maximum Gasteiger partial charge on any atom is 0.197 e. The summed E-state index contributed by atoms with van der Waals surface area (Å²) < 4.78 is 0.867. The zero-order chi connectivity index (χ0) is 15.9. The topological polar surface area (TPSA) is 57.5 Å². The summed E-state index contributed by atoms with van der Waals surface area (Å²) >= 11 is 3.32. The van der Waals surface area contributed by atoms with Crippen LogP contribution in [-0.4, -0.2) is 16.0 Å². The average molecular weight is 357 g/mol. The first-order valence-corrected chi connectivity index (χ1v) is 7.53. The Balaban J connectivity index is 2.26. The third kappa shape index (κ3) is 2.25. The fourth-order valence-electron chi connectivity index (χ4n) is 2.55. The normalized spacial score (nSPS) is 10.8. The maximum atomic E-state index is 12.7. The minimum atomic E-state index is -0.316. The smallest absolute Gasteiger partial charge is 0.197 e. The first-order valence-electron chi connectivity index (χ1n) is 6.74. The number of phenolic OH excluding ortho intramolecular Hbond substituents is 2. The molecule has 0 amide bonds. The van der Waals surface area contributed by atoms with Crippen molar-refractivity contribution in [1.29, 1.82) is 0 Å². The monoisotopic (exact) mass is 356 g/mol. The van der Waals surface area contributed by atoms with Gasteiger partial charge in [-0.15, -0.1) is 0 Å². The Morgan fingerprint density at radius 1 is 0.909 bits per heavy atom. The molecule has 3 aromatic rings. The first-order chi connectivity index (χ1) is 10.5. The van der Waals surface area contributed by atoms with Crippen molar-refractivity contribution in [3.05, 3.63) is 69.7 Å². The Kier molecular flexibility index (Phi) is 3.62. The van der Waals surface area contributed by atoms with E-state index in [1.807, 2.05) is 0 Å². The summed E-state index contributed by atoms with van der Waals surface area (Å²) in [6, 6.07) is 13.8. The van der Waals surface area contributed by atoms with E-state index >= 15 is 0 Å². The lowest BCUT2D eigenvalue weighted by atomic mass is 9.93. The fourth-order valence-corrected chi connectivity index (χ4v) is 2.82. The van der Waals surface area contributed by atoms with Crippen LogP contribution in [0.25, 0.3) is 10.8 Å². The molecule has 0 radical (unpaired) electrons. The third-order valence-corrected chi connectivity index (χ3v) is 4.27. The lowest BCUT2D eigenvalue weighted by Crippen LogP contribution is -2.05. The Labute approximate surface area is 136 Å². The summed E-state index contributed by atoms with van der Waals surface area (Å²) in [6.45, 7) is 1.63. The van der Waals surface area contributed by atoms with Crippen molar-refractivity contribution in [3.63, 3.8) is 0 Å². The van der Waals surface area contributed by atoms with Crippen molar-refractivity contribution in [2.24, 2.45) is 0 Å². The van der Waals surface area contributed by atoms with E-state index in [1.54, 1.807) is 55.5 Å². The van der Waals surface area contributed by atoms with Gasteiger partial charge in [-0.25, -0.2) is 0 Å². The second-order valence-corrected chi connectivity index (χ2v) is 5.99. The second kappa shape index (κ2) is 5.46. The summed E-state index contributed by atoms with van der Waals surface area (Å²) in [5.74, 6) is -0.392. The number of halogens is 1. The number of hydrogen-bond donors (Lipinski definition) is 2. The standard InChI is InChI=1S/C18H13BrO3/c1-10-15(17(21)11-6-8-12(19)9-7-11)18(22)14-5-3-2-4-13(14)16(10)20/h2-9,20,22H,1H3. The molecule has 0 aliphatic rings. The van der Waals surface area contributed by atoms with E-state index < -0.39 is 0 Å². The summed E-state index contributed by atoms with van der Waals surface area (Å²) in [7, 11) is 0. The van der Waals surface area contributed by atoms with E-state index in [0.29, 0.717) is 21.9 Å². The number of hydrogen-bond acceptors (Lipinski definition) is 3. The summed E-state index contributed by atoms with van der Waals surface area (Å²) in [4.78, 5) is 12.7. The van der Waals surface area contributed by atoms with E-state index in [9.17, 15) is 15.0 Å². The molecule has 0 unspecified atom stereocenters. The third-order valence-electron chi connectivity index (χ3n) is 3.74. The molecule has 110 valence electrons. The van der Waals surface area contributed by atoms with Gasteiger partial charge in [0.1, 0.15) is 11.5 Å². The van der Waals surface area contributed by atoms with Crippen molar-refractivity contribution in [2.75, 3.05) is 0 Å². The number of carbonyl (C=O) groups excluding carboxylic acids is 1. The molecule has 0 saturated heterocycles. The maximum absolute atomic E-state index is 12.7. The van der Waals surface area contributed by atoms with E-state index in [1.165, 1.54) is 0 Å². The van der Waals surface area contributed by atoms with Gasteiger partial charge in [0.25, 0.3) is 0 Å². The molecule has 2 N–H and O–H groups in total. The molecule has 3 rings (SSSR count). The highest BCUT2D eigenvalue weighted by molar-refractivity contribution is 9.10. The van der Waals surface area contributed by atoms with Gasteiger partial charge in [0, 0.05) is 26.4 Å². The minimum absolute atomic E-state index is 0.0221. The van der Waals surface area contributed by atoms with E-state index in [0.717, 1.165) is 4.47 Å². The SMILES string of the molecule is Cc1c(C(=O)c2ccc(Br)cc2)c(O)c2ccccc2c1O. The highest BCUT2D eigenvalue weighted by Gasteiger charge is 2.22. The molecule has 0 bridgehead atoms. The van der Waals surface area contributed by atoms with Gasteiger partial charge in [-0.3, -0.25) is 4.79 Å². The van der Waals surface area contributed by atoms with Gasteiger partial charge in [0.2, 0.25) is 0 Å². The Hall–Kier alpha value is -2.33. The molecular weight excluding hydrogens is 344 g/mol.